The molecule has 0 bridgehead atoms. The maximum atomic E-state index is 11.5. The summed E-state index contributed by atoms with van der Waals surface area (Å²) in [4.78, 5) is 19.0. The molecule has 0 saturated heterocycles. The van der Waals surface area contributed by atoms with Crippen LogP contribution < -0.4 is 4.90 Å². The van der Waals surface area contributed by atoms with Gasteiger partial charge in [0.2, 0.25) is 0 Å². The lowest BCUT2D eigenvalue weighted by Gasteiger charge is -2.15. The number of benzene rings is 1. The third-order valence-corrected chi connectivity index (χ3v) is 4.50. The minimum absolute atomic E-state index is 0.101. The molecule has 1 aliphatic heterocycles. The molecule has 92 valence electrons. The molecule has 0 fully saturated rings. The van der Waals surface area contributed by atoms with Gasteiger partial charge in [0.05, 0.1) is 10.6 Å². The molecule has 1 aromatic carbocycles. The van der Waals surface area contributed by atoms with Gasteiger partial charge in [0, 0.05) is 19.2 Å². The standard InChI is InChI=1S/C14H14N2OS/c1-9-13(10(2)17)18-14(15-9)16-8-7-11-5-3-4-6-12(11)16/h3-6H,7-8H2,1-2H3. The summed E-state index contributed by atoms with van der Waals surface area (Å²) < 4.78 is 0. The van der Waals surface area contributed by atoms with E-state index < -0.39 is 0 Å². The predicted molar refractivity (Wildman–Crippen MR) is 74.0 cm³/mol. The molecule has 3 nitrogen and oxygen atoms in total. The third-order valence-electron chi connectivity index (χ3n) is 3.22. The Bertz CT molecular complexity index is 618. The number of carbonyl (C=O) groups excluding carboxylic acids is 1. The Labute approximate surface area is 110 Å². The van der Waals surface area contributed by atoms with Crippen LogP contribution in [-0.2, 0) is 6.42 Å². The molecular weight excluding hydrogens is 244 g/mol. The second kappa shape index (κ2) is 4.21. The fourth-order valence-electron chi connectivity index (χ4n) is 2.36. The molecule has 2 heterocycles. The van der Waals surface area contributed by atoms with E-state index in [0.717, 1.165) is 28.7 Å². The van der Waals surface area contributed by atoms with E-state index in [1.807, 2.05) is 13.0 Å². The van der Waals surface area contributed by atoms with Gasteiger partial charge in [-0.2, -0.15) is 0 Å². The van der Waals surface area contributed by atoms with Gasteiger partial charge < -0.3 is 4.90 Å². The van der Waals surface area contributed by atoms with Gasteiger partial charge in [0.25, 0.3) is 0 Å². The minimum atomic E-state index is 0.101. The zero-order chi connectivity index (χ0) is 12.7. The Morgan fingerprint density at radius 1 is 1.39 bits per heavy atom. The van der Waals surface area contributed by atoms with E-state index in [1.54, 1.807) is 6.92 Å². The van der Waals surface area contributed by atoms with Crippen LogP contribution in [0, 0.1) is 6.92 Å². The molecule has 4 heteroatoms. The number of thiazole rings is 1. The number of Topliss-reactive ketones (excluding diaryl/α,β-unsaturated/α-hetero) is 1. The van der Waals surface area contributed by atoms with Gasteiger partial charge in [-0.3, -0.25) is 4.79 Å². The number of ketones is 1. The molecule has 0 atom stereocenters. The van der Waals surface area contributed by atoms with Gasteiger partial charge >= 0.3 is 0 Å². The van der Waals surface area contributed by atoms with Crippen molar-refractivity contribution in [3.8, 4) is 0 Å². The van der Waals surface area contributed by atoms with Crippen molar-refractivity contribution < 1.29 is 4.79 Å². The zero-order valence-electron chi connectivity index (χ0n) is 10.4. The molecular formula is C14H14N2OS. The second-order valence-electron chi connectivity index (χ2n) is 4.50. The molecule has 0 radical (unpaired) electrons. The average molecular weight is 258 g/mol. The van der Waals surface area contributed by atoms with Gasteiger partial charge in [0.1, 0.15) is 0 Å². The summed E-state index contributed by atoms with van der Waals surface area (Å²) in [6.07, 6.45) is 1.05. The van der Waals surface area contributed by atoms with Crippen molar-refractivity contribution in [2.24, 2.45) is 0 Å². The molecule has 0 amide bonds. The molecule has 3 rings (SSSR count). The number of rotatable bonds is 2. The summed E-state index contributed by atoms with van der Waals surface area (Å²) in [7, 11) is 0. The number of aryl methyl sites for hydroxylation is 1. The summed E-state index contributed by atoms with van der Waals surface area (Å²) in [6.45, 7) is 4.45. The summed E-state index contributed by atoms with van der Waals surface area (Å²) in [5.41, 5.74) is 3.42. The van der Waals surface area contributed by atoms with Crippen LogP contribution in [0.5, 0.6) is 0 Å². The highest BCUT2D eigenvalue weighted by Crippen LogP contribution is 2.37. The second-order valence-corrected chi connectivity index (χ2v) is 5.48. The monoisotopic (exact) mass is 258 g/mol. The Kier molecular flexibility index (Phi) is 2.67. The van der Waals surface area contributed by atoms with Gasteiger partial charge in [0.15, 0.2) is 10.9 Å². The Morgan fingerprint density at radius 3 is 2.89 bits per heavy atom. The first-order valence-corrected chi connectivity index (χ1v) is 6.82. The average Bonchev–Trinajstić information content (AvgIpc) is 2.92. The van der Waals surface area contributed by atoms with Crippen LogP contribution in [0.4, 0.5) is 10.8 Å². The molecule has 1 aliphatic rings. The molecule has 18 heavy (non-hydrogen) atoms. The molecule has 0 aliphatic carbocycles. The van der Waals surface area contributed by atoms with E-state index in [0.29, 0.717) is 0 Å². The maximum absolute atomic E-state index is 11.5. The Morgan fingerprint density at radius 2 is 2.17 bits per heavy atom. The third kappa shape index (κ3) is 1.73. The van der Waals surface area contributed by atoms with Gasteiger partial charge in [-0.05, 0) is 25.0 Å². The number of aromatic nitrogens is 1. The van der Waals surface area contributed by atoms with Crippen LogP contribution in [-0.4, -0.2) is 17.3 Å². The topological polar surface area (TPSA) is 33.2 Å². The fraction of sp³-hybridized carbons (Fsp3) is 0.286. The van der Waals surface area contributed by atoms with Crippen LogP contribution in [0.3, 0.4) is 0 Å². The SMILES string of the molecule is CC(=O)c1sc(N2CCc3ccccc32)nc1C. The molecule has 0 N–H and O–H groups in total. The number of anilines is 2. The number of hydrogen-bond donors (Lipinski definition) is 0. The maximum Gasteiger partial charge on any atom is 0.190 e. The number of fused-ring (bicyclic) bond motifs is 1. The largest absolute Gasteiger partial charge is 0.317 e. The highest BCUT2D eigenvalue weighted by molar-refractivity contribution is 7.17. The summed E-state index contributed by atoms with van der Waals surface area (Å²) in [5.74, 6) is 0.101. The van der Waals surface area contributed by atoms with E-state index in [2.05, 4.69) is 28.1 Å². The zero-order valence-corrected chi connectivity index (χ0v) is 11.3. The van der Waals surface area contributed by atoms with Crippen molar-refractivity contribution in [1.29, 1.82) is 0 Å². The molecule has 1 aromatic heterocycles. The van der Waals surface area contributed by atoms with Crippen molar-refractivity contribution in [2.45, 2.75) is 20.3 Å². The van der Waals surface area contributed by atoms with E-state index >= 15 is 0 Å². The first-order chi connectivity index (χ1) is 8.66. The van der Waals surface area contributed by atoms with Gasteiger partial charge in [-0.25, -0.2) is 4.98 Å². The first-order valence-electron chi connectivity index (χ1n) is 6.00. The number of nitrogens with zero attached hydrogens (tertiary/aromatic N) is 2. The molecule has 2 aromatic rings. The lowest BCUT2D eigenvalue weighted by molar-refractivity contribution is 0.102. The van der Waals surface area contributed by atoms with Crippen LogP contribution >= 0.6 is 11.3 Å². The van der Waals surface area contributed by atoms with Crippen LogP contribution in [0.25, 0.3) is 0 Å². The van der Waals surface area contributed by atoms with Crippen LogP contribution in [0.15, 0.2) is 24.3 Å². The lowest BCUT2D eigenvalue weighted by Crippen LogP contribution is -2.12. The van der Waals surface area contributed by atoms with E-state index in [4.69, 9.17) is 0 Å². The van der Waals surface area contributed by atoms with Crippen molar-refractivity contribution in [1.82, 2.24) is 4.98 Å². The van der Waals surface area contributed by atoms with Crippen molar-refractivity contribution in [2.75, 3.05) is 11.4 Å². The van der Waals surface area contributed by atoms with E-state index in [1.165, 1.54) is 22.6 Å². The highest BCUT2D eigenvalue weighted by atomic mass is 32.1. The summed E-state index contributed by atoms with van der Waals surface area (Å²) >= 11 is 1.49. The molecule has 0 spiro atoms. The fourth-order valence-corrected chi connectivity index (χ4v) is 3.36. The van der Waals surface area contributed by atoms with E-state index in [9.17, 15) is 4.79 Å². The van der Waals surface area contributed by atoms with Crippen molar-refractivity contribution in [3.05, 3.63) is 40.4 Å². The Hall–Kier alpha value is -1.68. The van der Waals surface area contributed by atoms with Crippen LogP contribution in [0.1, 0.15) is 27.9 Å². The summed E-state index contributed by atoms with van der Waals surface area (Å²) in [6, 6.07) is 8.38. The van der Waals surface area contributed by atoms with Gasteiger partial charge in [-0.15, -0.1) is 0 Å². The number of hydrogen-bond acceptors (Lipinski definition) is 4. The Balaban J connectivity index is 2.03. The molecule has 0 unspecified atom stereocenters. The lowest BCUT2D eigenvalue weighted by atomic mass is 10.2. The van der Waals surface area contributed by atoms with E-state index in [-0.39, 0.29) is 5.78 Å². The smallest absolute Gasteiger partial charge is 0.190 e. The van der Waals surface area contributed by atoms with Crippen molar-refractivity contribution in [3.63, 3.8) is 0 Å². The highest BCUT2D eigenvalue weighted by Gasteiger charge is 2.23. The summed E-state index contributed by atoms with van der Waals surface area (Å²) in [5, 5.41) is 0.933. The van der Waals surface area contributed by atoms with Crippen LogP contribution in [0.2, 0.25) is 0 Å². The normalized spacial score (nSPS) is 13.8. The quantitative estimate of drug-likeness (QED) is 0.774. The molecule has 0 saturated carbocycles. The number of para-hydroxylation sites is 1. The van der Waals surface area contributed by atoms with Gasteiger partial charge in [-0.1, -0.05) is 29.5 Å². The van der Waals surface area contributed by atoms with Crippen molar-refractivity contribution >= 4 is 27.9 Å². The predicted octanol–water partition coefficient (Wildman–Crippen LogP) is 3.35. The minimum Gasteiger partial charge on any atom is -0.317 e. The first kappa shape index (κ1) is 11.4. The number of carbonyl (C=O) groups is 1.